The van der Waals surface area contributed by atoms with Crippen LogP contribution in [0.1, 0.15) is 5.56 Å². The third kappa shape index (κ3) is 4.85. The normalized spacial score (nSPS) is 11.4. The number of carbonyl (C=O) groups excluding carboxylic acids is 1. The van der Waals surface area contributed by atoms with Gasteiger partial charge in [-0.25, -0.2) is 0 Å². The van der Waals surface area contributed by atoms with E-state index >= 15 is 0 Å². The van der Waals surface area contributed by atoms with E-state index < -0.39 is 30.0 Å². The number of pyridine rings is 1. The lowest BCUT2D eigenvalue weighted by molar-refractivity contribution is -0.139. The minimum atomic E-state index is -4.59. The summed E-state index contributed by atoms with van der Waals surface area (Å²) in [6.07, 6.45) is -2.94. The molecule has 0 atom stereocenters. The van der Waals surface area contributed by atoms with E-state index in [0.29, 0.717) is 34.1 Å². The van der Waals surface area contributed by atoms with Gasteiger partial charge >= 0.3 is 6.18 Å². The van der Waals surface area contributed by atoms with Gasteiger partial charge in [-0.1, -0.05) is 30.3 Å². The van der Waals surface area contributed by atoms with Crippen LogP contribution in [0.3, 0.4) is 0 Å². The van der Waals surface area contributed by atoms with E-state index in [1.54, 1.807) is 53.2 Å². The van der Waals surface area contributed by atoms with Gasteiger partial charge in [0.25, 0.3) is 5.91 Å². The fourth-order valence-corrected chi connectivity index (χ4v) is 3.52. The van der Waals surface area contributed by atoms with Crippen LogP contribution in [-0.2, 0) is 11.0 Å². The molecule has 8 nitrogen and oxygen atoms in total. The number of carbonyl (C=O) groups is 1. The van der Waals surface area contributed by atoms with Crippen molar-refractivity contribution in [3.8, 4) is 28.5 Å². The van der Waals surface area contributed by atoms with Gasteiger partial charge in [0.05, 0.1) is 11.3 Å². The molecule has 5 rings (SSSR count). The maximum atomic E-state index is 13.1. The van der Waals surface area contributed by atoms with Crippen molar-refractivity contribution in [3.63, 3.8) is 0 Å². The lowest BCUT2D eigenvalue weighted by Gasteiger charge is -2.13. The highest BCUT2D eigenvalue weighted by Crippen LogP contribution is 2.35. The van der Waals surface area contributed by atoms with Crippen molar-refractivity contribution in [3.05, 3.63) is 90.6 Å². The van der Waals surface area contributed by atoms with Crippen LogP contribution in [-0.4, -0.2) is 37.3 Å². The van der Waals surface area contributed by atoms with Crippen LogP contribution in [0.25, 0.3) is 28.4 Å². The fourth-order valence-electron chi connectivity index (χ4n) is 3.52. The van der Waals surface area contributed by atoms with Gasteiger partial charge < -0.3 is 10.1 Å². The second-order valence-electron chi connectivity index (χ2n) is 7.64. The Kier molecular flexibility index (Phi) is 6.03. The molecule has 1 amide bonds. The van der Waals surface area contributed by atoms with Crippen molar-refractivity contribution in [2.45, 2.75) is 6.18 Å². The van der Waals surface area contributed by atoms with Crippen molar-refractivity contribution < 1.29 is 22.7 Å². The Labute approximate surface area is 202 Å². The number of hydrogen-bond acceptors (Lipinski definition) is 6. The second kappa shape index (κ2) is 9.45. The zero-order valence-electron chi connectivity index (χ0n) is 18.5. The number of rotatable bonds is 6. The fraction of sp³-hybridized carbons (Fsp3) is 0.0800. The second-order valence-corrected chi connectivity index (χ2v) is 7.64. The molecule has 1 N–H and O–H groups in total. The number of anilines is 1. The van der Waals surface area contributed by atoms with Crippen LogP contribution < -0.4 is 10.1 Å². The summed E-state index contributed by atoms with van der Waals surface area (Å²) in [5, 5.41) is 15.5. The Morgan fingerprint density at radius 1 is 0.917 bits per heavy atom. The lowest BCUT2D eigenvalue weighted by atomic mass is 10.1. The van der Waals surface area contributed by atoms with E-state index in [-0.39, 0.29) is 0 Å². The topological polar surface area (TPSA) is 94.3 Å². The highest BCUT2D eigenvalue weighted by atomic mass is 19.4. The first-order valence-electron chi connectivity index (χ1n) is 10.7. The molecule has 11 heteroatoms. The zero-order valence-corrected chi connectivity index (χ0v) is 18.5. The average molecular weight is 490 g/mol. The molecule has 0 saturated heterocycles. The number of nitrogens with zero attached hydrogens (tertiary/aromatic N) is 5. The van der Waals surface area contributed by atoms with Gasteiger partial charge in [-0.2, -0.15) is 22.8 Å². The Morgan fingerprint density at radius 3 is 2.56 bits per heavy atom. The van der Waals surface area contributed by atoms with Gasteiger partial charge in [-0.3, -0.25) is 9.78 Å². The van der Waals surface area contributed by atoms with Crippen LogP contribution in [0.2, 0.25) is 0 Å². The maximum absolute atomic E-state index is 13.1. The minimum absolute atomic E-state index is 0.413. The van der Waals surface area contributed by atoms with E-state index in [4.69, 9.17) is 4.74 Å². The van der Waals surface area contributed by atoms with Crippen LogP contribution in [0, 0.1) is 0 Å². The third-order valence-electron chi connectivity index (χ3n) is 5.15. The number of fused-ring (bicyclic) bond motifs is 1. The zero-order chi connectivity index (χ0) is 25.1. The molecule has 3 aromatic heterocycles. The van der Waals surface area contributed by atoms with E-state index in [1.807, 2.05) is 12.1 Å². The molecule has 5 aromatic rings. The summed E-state index contributed by atoms with van der Waals surface area (Å²) in [7, 11) is 0. The van der Waals surface area contributed by atoms with Gasteiger partial charge in [0.1, 0.15) is 11.4 Å². The van der Waals surface area contributed by atoms with Crippen LogP contribution >= 0.6 is 0 Å². The Balaban J connectivity index is 1.33. The van der Waals surface area contributed by atoms with E-state index in [1.165, 1.54) is 18.2 Å². The largest absolute Gasteiger partial charge is 0.483 e. The standard InChI is InChI=1S/C25H17F3N6O2/c26-25(27,28)18-8-1-2-10-21(18)36-15-23(35)30-17-7-5-6-16(14-17)19-11-12-22-31-32-24(34(22)33-19)20-9-3-4-13-29-20/h1-14H,15H2,(H,30,35). The van der Waals surface area contributed by atoms with Crippen molar-refractivity contribution >= 4 is 17.2 Å². The number of benzene rings is 2. The third-order valence-corrected chi connectivity index (χ3v) is 5.15. The first kappa shape index (κ1) is 23.0. The average Bonchev–Trinajstić information content (AvgIpc) is 3.31. The number of para-hydroxylation sites is 1. The Bertz CT molecular complexity index is 1540. The van der Waals surface area contributed by atoms with Gasteiger partial charge in [0.2, 0.25) is 5.82 Å². The number of ether oxygens (including phenoxy) is 1. The molecule has 0 unspecified atom stereocenters. The lowest BCUT2D eigenvalue weighted by Crippen LogP contribution is -2.21. The Hall–Kier alpha value is -4.80. The van der Waals surface area contributed by atoms with E-state index in [0.717, 1.165) is 6.07 Å². The number of nitrogens with one attached hydrogen (secondary N) is 1. The molecule has 0 saturated carbocycles. The molecule has 0 radical (unpaired) electrons. The van der Waals surface area contributed by atoms with Gasteiger partial charge in [-0.15, -0.1) is 10.2 Å². The molecule has 0 aliphatic carbocycles. The number of aromatic nitrogens is 5. The molecule has 3 heterocycles. The van der Waals surface area contributed by atoms with Crippen LogP contribution in [0.15, 0.2) is 85.1 Å². The monoisotopic (exact) mass is 490 g/mol. The molecule has 0 spiro atoms. The smallest absolute Gasteiger partial charge is 0.419 e. The minimum Gasteiger partial charge on any atom is -0.483 e. The summed E-state index contributed by atoms with van der Waals surface area (Å²) in [5.41, 5.74) is 1.92. The highest BCUT2D eigenvalue weighted by molar-refractivity contribution is 5.92. The summed E-state index contributed by atoms with van der Waals surface area (Å²) >= 11 is 0. The molecule has 0 aliphatic heterocycles. The van der Waals surface area contributed by atoms with E-state index in [2.05, 4.69) is 25.6 Å². The summed E-state index contributed by atoms with van der Waals surface area (Å²) in [5.74, 6) is -0.541. The number of halogens is 3. The summed E-state index contributed by atoms with van der Waals surface area (Å²) in [6, 6.07) is 20.6. The van der Waals surface area contributed by atoms with Crippen molar-refractivity contribution in [1.82, 2.24) is 24.8 Å². The van der Waals surface area contributed by atoms with Crippen molar-refractivity contribution in [2.24, 2.45) is 0 Å². The predicted octanol–water partition coefficient (Wildman–Crippen LogP) is 4.89. The predicted molar refractivity (Wildman–Crippen MR) is 125 cm³/mol. The van der Waals surface area contributed by atoms with Gasteiger partial charge in [0.15, 0.2) is 12.3 Å². The van der Waals surface area contributed by atoms with Crippen LogP contribution in [0.5, 0.6) is 5.75 Å². The van der Waals surface area contributed by atoms with Crippen molar-refractivity contribution in [2.75, 3.05) is 11.9 Å². The maximum Gasteiger partial charge on any atom is 0.419 e. The molecule has 0 aliphatic rings. The quantitative estimate of drug-likeness (QED) is 0.364. The first-order chi connectivity index (χ1) is 17.4. The number of amides is 1. The molecule has 180 valence electrons. The Morgan fingerprint density at radius 2 is 1.75 bits per heavy atom. The molecule has 0 bridgehead atoms. The van der Waals surface area contributed by atoms with Crippen molar-refractivity contribution in [1.29, 1.82) is 0 Å². The molecular weight excluding hydrogens is 473 g/mol. The van der Waals surface area contributed by atoms with Crippen LogP contribution in [0.4, 0.5) is 18.9 Å². The van der Waals surface area contributed by atoms with Gasteiger partial charge in [0, 0.05) is 17.4 Å². The first-order valence-corrected chi connectivity index (χ1v) is 10.7. The molecule has 2 aromatic carbocycles. The number of hydrogen-bond donors (Lipinski definition) is 1. The summed E-state index contributed by atoms with van der Waals surface area (Å²) < 4.78 is 46.1. The van der Waals surface area contributed by atoms with E-state index in [9.17, 15) is 18.0 Å². The summed E-state index contributed by atoms with van der Waals surface area (Å²) in [6.45, 7) is -0.588. The molecule has 0 fully saturated rings. The number of alkyl halides is 3. The molecule has 36 heavy (non-hydrogen) atoms. The summed E-state index contributed by atoms with van der Waals surface area (Å²) in [4.78, 5) is 16.7. The molecular formula is C25H17F3N6O2. The SMILES string of the molecule is O=C(COc1ccccc1C(F)(F)F)Nc1cccc(-c2ccc3nnc(-c4ccccn4)n3n2)c1. The highest BCUT2D eigenvalue weighted by Gasteiger charge is 2.34. The van der Waals surface area contributed by atoms with Gasteiger partial charge in [-0.05, 0) is 48.5 Å².